The highest BCUT2D eigenvalue weighted by Crippen LogP contribution is 2.29. The zero-order valence-electron chi connectivity index (χ0n) is 19.4. The summed E-state index contributed by atoms with van der Waals surface area (Å²) in [5.74, 6) is 0.510. The molecular formula is C24H25N5O3S2. The fourth-order valence-corrected chi connectivity index (χ4v) is 5.54. The smallest absolute Gasteiger partial charge is 0.266 e. The zero-order valence-corrected chi connectivity index (χ0v) is 21.0. The molecule has 0 bridgehead atoms. The van der Waals surface area contributed by atoms with Crippen molar-refractivity contribution in [2.45, 2.75) is 51.4 Å². The van der Waals surface area contributed by atoms with E-state index in [1.165, 1.54) is 29.2 Å². The molecule has 10 heteroatoms. The Morgan fingerprint density at radius 1 is 1.12 bits per heavy atom. The van der Waals surface area contributed by atoms with Gasteiger partial charge in [0.25, 0.3) is 17.0 Å². The van der Waals surface area contributed by atoms with Gasteiger partial charge in [-0.1, -0.05) is 42.8 Å². The number of carbonyl (C=O) groups excluding carboxylic acids is 1. The summed E-state index contributed by atoms with van der Waals surface area (Å²) in [6, 6.07) is 7.32. The van der Waals surface area contributed by atoms with E-state index in [1.54, 1.807) is 6.92 Å². The Balaban J connectivity index is 1.58. The first-order chi connectivity index (χ1) is 16.2. The number of fused-ring (bicyclic) bond motifs is 1. The van der Waals surface area contributed by atoms with Gasteiger partial charge in [0, 0.05) is 17.4 Å². The van der Waals surface area contributed by atoms with E-state index in [0.717, 1.165) is 35.3 Å². The van der Waals surface area contributed by atoms with Gasteiger partial charge in [-0.3, -0.25) is 14.4 Å². The molecule has 1 amide bonds. The summed E-state index contributed by atoms with van der Waals surface area (Å²) in [5, 5.41) is 3.84. The van der Waals surface area contributed by atoms with Crippen LogP contribution in [0.3, 0.4) is 0 Å². The van der Waals surface area contributed by atoms with Crippen LogP contribution >= 0.6 is 23.1 Å². The lowest BCUT2D eigenvalue weighted by molar-refractivity contribution is 0.103. The Bertz CT molecular complexity index is 1500. The van der Waals surface area contributed by atoms with E-state index in [1.807, 2.05) is 39.0 Å². The summed E-state index contributed by atoms with van der Waals surface area (Å²) in [5.41, 5.74) is 3.67. The molecule has 8 nitrogen and oxygen atoms in total. The van der Waals surface area contributed by atoms with Gasteiger partial charge in [-0.15, -0.1) is 11.3 Å². The largest absolute Gasteiger partial charge is 0.321 e. The van der Waals surface area contributed by atoms with Crippen LogP contribution in [0.15, 0.2) is 39.0 Å². The zero-order chi connectivity index (χ0) is 24.4. The number of anilines is 1. The van der Waals surface area contributed by atoms with E-state index < -0.39 is 0 Å². The molecule has 3 aromatic heterocycles. The Morgan fingerprint density at radius 3 is 2.65 bits per heavy atom. The Morgan fingerprint density at radius 2 is 1.91 bits per heavy atom. The molecule has 4 rings (SSSR count). The molecule has 0 spiro atoms. The van der Waals surface area contributed by atoms with Gasteiger partial charge in [-0.25, -0.2) is 9.97 Å². The number of rotatable bonds is 7. The number of hydrogen-bond donors (Lipinski definition) is 3. The third-order valence-electron chi connectivity index (χ3n) is 5.31. The molecule has 0 atom stereocenters. The first kappa shape index (κ1) is 23.9. The molecule has 176 valence electrons. The van der Waals surface area contributed by atoms with Crippen LogP contribution in [0, 0.1) is 20.8 Å². The van der Waals surface area contributed by atoms with Gasteiger partial charge in [-0.2, -0.15) is 0 Å². The number of H-pyrrole nitrogens is 2. The molecule has 4 aromatic rings. The number of aryl methyl sites for hydroxylation is 4. The quantitative estimate of drug-likeness (QED) is 0.257. The average molecular weight is 496 g/mol. The van der Waals surface area contributed by atoms with E-state index in [4.69, 9.17) is 0 Å². The highest BCUT2D eigenvalue weighted by atomic mass is 32.2. The monoisotopic (exact) mass is 495 g/mol. The number of hydrogen-bond acceptors (Lipinski definition) is 7. The van der Waals surface area contributed by atoms with Crippen molar-refractivity contribution in [2.75, 3.05) is 5.32 Å². The first-order valence-corrected chi connectivity index (χ1v) is 12.7. The van der Waals surface area contributed by atoms with Gasteiger partial charge < -0.3 is 15.3 Å². The van der Waals surface area contributed by atoms with E-state index >= 15 is 0 Å². The lowest BCUT2D eigenvalue weighted by Gasteiger charge is -2.08. The number of amides is 1. The number of thioether (sulfide) groups is 1. The molecule has 0 unspecified atom stereocenters. The molecule has 0 aliphatic heterocycles. The molecule has 3 N–H and O–H groups in total. The van der Waals surface area contributed by atoms with Gasteiger partial charge in [0.05, 0.1) is 16.0 Å². The topological polar surface area (TPSA) is 121 Å². The highest BCUT2D eigenvalue weighted by Gasteiger charge is 2.20. The maximum atomic E-state index is 13.0. The van der Waals surface area contributed by atoms with Gasteiger partial charge in [0.15, 0.2) is 5.16 Å². The van der Waals surface area contributed by atoms with Crippen LogP contribution in [-0.4, -0.2) is 25.8 Å². The number of benzene rings is 1. The SMILES string of the molecule is CCCc1cc(=O)[nH]c(SCc2nc3sc(C(=O)Nc4ccc(C)cc4C)c(C)c3c(=O)[nH]2)n1. The number of nitrogens with zero attached hydrogens (tertiary/aromatic N) is 2. The fourth-order valence-electron chi connectivity index (χ4n) is 3.68. The molecule has 0 aliphatic carbocycles. The van der Waals surface area contributed by atoms with Crippen LogP contribution in [0.25, 0.3) is 10.2 Å². The van der Waals surface area contributed by atoms with Gasteiger partial charge in [-0.05, 0) is 44.4 Å². The van der Waals surface area contributed by atoms with Crippen LogP contribution in [0.2, 0.25) is 0 Å². The van der Waals surface area contributed by atoms with E-state index in [0.29, 0.717) is 37.4 Å². The Kier molecular flexibility index (Phi) is 6.99. The molecule has 0 saturated carbocycles. The molecular weight excluding hydrogens is 470 g/mol. The summed E-state index contributed by atoms with van der Waals surface area (Å²) in [4.78, 5) is 53.2. The standard InChI is InChI=1S/C24H25N5O3S2/c1-5-6-15-10-18(30)29-24(25-15)33-11-17-27-21(31)19-14(4)20(34-23(19)28-17)22(32)26-16-8-7-12(2)9-13(16)3/h7-10H,5-6,11H2,1-4H3,(H,26,32)(H,25,29,30)(H,27,28,31). The summed E-state index contributed by atoms with van der Waals surface area (Å²) in [6.07, 6.45) is 1.61. The van der Waals surface area contributed by atoms with Gasteiger partial charge in [0.2, 0.25) is 0 Å². The Hall–Kier alpha value is -3.24. The molecule has 1 aromatic carbocycles. The van der Waals surface area contributed by atoms with Crippen molar-refractivity contribution in [3.8, 4) is 0 Å². The number of aromatic amines is 2. The number of nitrogens with one attached hydrogen (secondary N) is 3. The third-order valence-corrected chi connectivity index (χ3v) is 7.38. The van der Waals surface area contributed by atoms with Crippen molar-refractivity contribution >= 4 is 44.9 Å². The summed E-state index contributed by atoms with van der Waals surface area (Å²) in [7, 11) is 0. The minimum Gasteiger partial charge on any atom is -0.321 e. The van der Waals surface area contributed by atoms with E-state index in [-0.39, 0.29) is 17.0 Å². The van der Waals surface area contributed by atoms with Crippen LogP contribution in [0.5, 0.6) is 0 Å². The van der Waals surface area contributed by atoms with Crippen molar-refractivity contribution in [3.05, 3.63) is 78.1 Å². The van der Waals surface area contributed by atoms with Crippen molar-refractivity contribution in [2.24, 2.45) is 0 Å². The second kappa shape index (κ2) is 9.94. The van der Waals surface area contributed by atoms with Crippen molar-refractivity contribution in [1.29, 1.82) is 0 Å². The fraction of sp³-hybridized carbons (Fsp3) is 0.292. The molecule has 0 saturated heterocycles. The van der Waals surface area contributed by atoms with Crippen molar-refractivity contribution in [1.82, 2.24) is 19.9 Å². The molecule has 3 heterocycles. The number of thiophene rings is 1. The lowest BCUT2D eigenvalue weighted by Crippen LogP contribution is -2.14. The first-order valence-electron chi connectivity index (χ1n) is 10.9. The predicted octanol–water partition coefficient (Wildman–Crippen LogP) is 4.49. The minimum absolute atomic E-state index is 0.203. The normalized spacial score (nSPS) is 11.2. The third kappa shape index (κ3) is 5.13. The van der Waals surface area contributed by atoms with Crippen molar-refractivity contribution in [3.63, 3.8) is 0 Å². The van der Waals surface area contributed by atoms with Crippen LogP contribution in [-0.2, 0) is 12.2 Å². The average Bonchev–Trinajstić information content (AvgIpc) is 3.11. The van der Waals surface area contributed by atoms with Gasteiger partial charge >= 0.3 is 0 Å². The second-order valence-electron chi connectivity index (χ2n) is 8.10. The maximum absolute atomic E-state index is 13.0. The minimum atomic E-state index is -0.291. The second-order valence-corrected chi connectivity index (χ2v) is 10.1. The Labute approximate surface area is 204 Å². The van der Waals surface area contributed by atoms with Crippen LogP contribution in [0.4, 0.5) is 5.69 Å². The molecule has 0 aliphatic rings. The van der Waals surface area contributed by atoms with Gasteiger partial charge in [0.1, 0.15) is 10.7 Å². The van der Waals surface area contributed by atoms with E-state index in [9.17, 15) is 14.4 Å². The number of aromatic nitrogens is 4. The predicted molar refractivity (Wildman–Crippen MR) is 137 cm³/mol. The van der Waals surface area contributed by atoms with Crippen LogP contribution in [0.1, 0.15) is 51.2 Å². The molecule has 0 radical (unpaired) electrons. The highest BCUT2D eigenvalue weighted by molar-refractivity contribution is 7.98. The summed E-state index contributed by atoms with van der Waals surface area (Å²) >= 11 is 2.49. The lowest BCUT2D eigenvalue weighted by atomic mass is 10.1. The maximum Gasteiger partial charge on any atom is 0.266 e. The molecule has 34 heavy (non-hydrogen) atoms. The molecule has 0 fully saturated rings. The van der Waals surface area contributed by atoms with Crippen LogP contribution < -0.4 is 16.4 Å². The summed E-state index contributed by atoms with van der Waals surface area (Å²) in [6.45, 7) is 7.73. The number of carbonyl (C=O) groups is 1. The summed E-state index contributed by atoms with van der Waals surface area (Å²) < 4.78 is 0. The van der Waals surface area contributed by atoms with Crippen molar-refractivity contribution < 1.29 is 4.79 Å². The van der Waals surface area contributed by atoms with E-state index in [2.05, 4.69) is 25.3 Å².